The van der Waals surface area contributed by atoms with Crippen LogP contribution in [0.25, 0.3) is 0 Å². The molecule has 3 rings (SSSR count). The Balaban J connectivity index is 2.05. The fourth-order valence-corrected chi connectivity index (χ4v) is 2.86. The zero-order valence-corrected chi connectivity index (χ0v) is 15.4. The Morgan fingerprint density at radius 1 is 1.19 bits per heavy atom. The number of nitrogens with zero attached hydrogens (tertiary/aromatic N) is 2. The third kappa shape index (κ3) is 4.54. The van der Waals surface area contributed by atoms with Gasteiger partial charge in [-0.2, -0.15) is 4.98 Å². The summed E-state index contributed by atoms with van der Waals surface area (Å²) in [7, 11) is 0. The highest BCUT2D eigenvalue weighted by atomic mass is 35.5. The van der Waals surface area contributed by atoms with E-state index in [1.165, 1.54) is 0 Å². The molecule has 0 radical (unpaired) electrons. The molecule has 2 aromatic carbocycles. The second-order valence-corrected chi connectivity index (χ2v) is 6.52. The summed E-state index contributed by atoms with van der Waals surface area (Å²) in [6, 6.07) is 15.1. The largest absolute Gasteiger partial charge is 0.481 e. The fraction of sp³-hybridized carbons (Fsp3) is 0.150. The van der Waals surface area contributed by atoms with Crippen LogP contribution in [0, 0.1) is 6.92 Å². The first kappa shape index (κ1) is 18.7. The molecule has 0 atom stereocenters. The molecule has 2 N–H and O–H groups in total. The topological polar surface area (TPSA) is 84.2 Å². The predicted octanol–water partition coefficient (Wildman–Crippen LogP) is 3.62. The summed E-state index contributed by atoms with van der Waals surface area (Å²) in [5.41, 5.74) is 2.11. The van der Waals surface area contributed by atoms with Gasteiger partial charge in [-0.15, -0.1) is 0 Å². The maximum atomic E-state index is 12.3. The van der Waals surface area contributed by atoms with E-state index in [1.54, 1.807) is 22.9 Å². The number of nitrogens with one attached hydrogen (secondary N) is 1. The minimum atomic E-state index is -1.08. The molecule has 3 aromatic rings. The Morgan fingerprint density at radius 3 is 2.63 bits per heavy atom. The first-order valence-corrected chi connectivity index (χ1v) is 8.70. The molecule has 7 heteroatoms. The zero-order chi connectivity index (χ0) is 19.4. The number of aliphatic carboxylic acids is 1. The molecule has 0 spiro atoms. The Kier molecular flexibility index (Phi) is 5.57. The molecular formula is C20H18ClN3O3. The van der Waals surface area contributed by atoms with Crippen molar-refractivity contribution in [3.63, 3.8) is 0 Å². The van der Waals surface area contributed by atoms with Crippen molar-refractivity contribution in [3.8, 4) is 0 Å². The molecule has 6 nitrogen and oxygen atoms in total. The lowest BCUT2D eigenvalue weighted by Crippen LogP contribution is -2.23. The van der Waals surface area contributed by atoms with Gasteiger partial charge >= 0.3 is 5.97 Å². The van der Waals surface area contributed by atoms with Crippen LogP contribution < -0.4 is 10.9 Å². The van der Waals surface area contributed by atoms with Crippen LogP contribution in [0.4, 0.5) is 11.6 Å². The Bertz CT molecular complexity index is 1030. The molecule has 0 bridgehead atoms. The molecule has 1 heterocycles. The van der Waals surface area contributed by atoms with Crippen molar-refractivity contribution < 1.29 is 9.90 Å². The van der Waals surface area contributed by atoms with Crippen molar-refractivity contribution in [1.29, 1.82) is 0 Å². The van der Waals surface area contributed by atoms with E-state index in [-0.39, 0.29) is 12.0 Å². The molecule has 0 unspecified atom stereocenters. The van der Waals surface area contributed by atoms with Gasteiger partial charge in [0.25, 0.3) is 5.56 Å². The number of hydrogen-bond acceptors (Lipinski definition) is 4. The first-order valence-electron chi connectivity index (χ1n) is 8.32. The second kappa shape index (κ2) is 8.05. The van der Waals surface area contributed by atoms with Gasteiger partial charge in [-0.05, 0) is 30.2 Å². The number of hydrogen-bond donors (Lipinski definition) is 2. The monoisotopic (exact) mass is 383 g/mol. The Labute approximate surface area is 161 Å². The maximum absolute atomic E-state index is 12.3. The van der Waals surface area contributed by atoms with Crippen LogP contribution in [0.2, 0.25) is 5.02 Å². The van der Waals surface area contributed by atoms with E-state index >= 15 is 0 Å². The average Bonchev–Trinajstić information content (AvgIpc) is 2.63. The van der Waals surface area contributed by atoms with E-state index in [0.717, 1.165) is 16.8 Å². The average molecular weight is 384 g/mol. The number of anilines is 2. The maximum Gasteiger partial charge on any atom is 0.308 e. The van der Waals surface area contributed by atoms with Crippen LogP contribution in [0.15, 0.2) is 59.5 Å². The van der Waals surface area contributed by atoms with Crippen LogP contribution in [0.5, 0.6) is 0 Å². The molecule has 0 saturated heterocycles. The van der Waals surface area contributed by atoms with Crippen molar-refractivity contribution in [1.82, 2.24) is 9.55 Å². The summed E-state index contributed by atoms with van der Waals surface area (Å²) >= 11 is 6.17. The predicted molar refractivity (Wildman–Crippen MR) is 105 cm³/mol. The second-order valence-electron chi connectivity index (χ2n) is 6.12. The van der Waals surface area contributed by atoms with Crippen LogP contribution in [-0.4, -0.2) is 20.6 Å². The minimum absolute atomic E-state index is 0.131. The highest BCUT2D eigenvalue weighted by Gasteiger charge is 2.13. The standard InChI is InChI=1S/C20H18ClN3O3/c1-13-16(21)8-5-9-17(13)22-20-23-19(27)15(10-18(25)26)12-24(20)11-14-6-3-2-4-7-14/h2-9,12H,10-11H2,1H3,(H,25,26)(H,22,23,27). The van der Waals surface area contributed by atoms with Gasteiger partial charge in [-0.25, -0.2) is 0 Å². The SMILES string of the molecule is Cc1c(Cl)cccc1Nc1nc(=O)c(CC(=O)O)cn1Cc1ccccc1. The van der Waals surface area contributed by atoms with E-state index in [2.05, 4.69) is 10.3 Å². The van der Waals surface area contributed by atoms with Crippen molar-refractivity contribution in [3.05, 3.63) is 86.8 Å². The van der Waals surface area contributed by atoms with E-state index in [0.29, 0.717) is 17.5 Å². The quantitative estimate of drug-likeness (QED) is 0.679. The van der Waals surface area contributed by atoms with Crippen LogP contribution in [-0.2, 0) is 17.8 Å². The number of aromatic nitrogens is 2. The lowest BCUT2D eigenvalue weighted by molar-refractivity contribution is -0.136. The van der Waals surface area contributed by atoms with Gasteiger partial charge in [0.05, 0.1) is 13.0 Å². The number of halogens is 1. The number of benzene rings is 2. The van der Waals surface area contributed by atoms with E-state index in [1.807, 2.05) is 43.3 Å². The summed E-state index contributed by atoms with van der Waals surface area (Å²) in [4.78, 5) is 27.4. The molecule has 0 aliphatic carbocycles. The summed E-state index contributed by atoms with van der Waals surface area (Å²) in [6.45, 7) is 2.30. The van der Waals surface area contributed by atoms with Crippen molar-refractivity contribution >= 4 is 29.2 Å². The number of carboxylic acid groups (broad SMARTS) is 1. The van der Waals surface area contributed by atoms with Crippen molar-refractivity contribution in [2.75, 3.05) is 5.32 Å². The Morgan fingerprint density at radius 2 is 1.93 bits per heavy atom. The van der Waals surface area contributed by atoms with Gasteiger partial charge in [-0.1, -0.05) is 48.0 Å². The van der Waals surface area contributed by atoms with Gasteiger partial charge in [-0.3, -0.25) is 9.59 Å². The first-order chi connectivity index (χ1) is 12.9. The molecule has 27 heavy (non-hydrogen) atoms. The number of rotatable bonds is 6. The number of carboxylic acids is 1. The normalized spacial score (nSPS) is 10.6. The molecule has 0 fully saturated rings. The van der Waals surface area contributed by atoms with Crippen LogP contribution in [0.1, 0.15) is 16.7 Å². The van der Waals surface area contributed by atoms with Crippen molar-refractivity contribution in [2.45, 2.75) is 19.9 Å². The molecule has 138 valence electrons. The van der Waals surface area contributed by atoms with Crippen molar-refractivity contribution in [2.24, 2.45) is 0 Å². The summed E-state index contributed by atoms with van der Waals surface area (Å²) < 4.78 is 1.73. The molecule has 1 aromatic heterocycles. The molecular weight excluding hydrogens is 366 g/mol. The highest BCUT2D eigenvalue weighted by molar-refractivity contribution is 6.31. The van der Waals surface area contributed by atoms with Gasteiger partial charge in [0.15, 0.2) is 0 Å². The van der Waals surface area contributed by atoms with E-state index < -0.39 is 11.5 Å². The fourth-order valence-electron chi connectivity index (χ4n) is 2.68. The molecule has 0 amide bonds. The minimum Gasteiger partial charge on any atom is -0.481 e. The van der Waals surface area contributed by atoms with Gasteiger partial charge in [0, 0.05) is 22.5 Å². The summed E-state index contributed by atoms with van der Waals surface area (Å²) in [5, 5.41) is 12.8. The van der Waals surface area contributed by atoms with Gasteiger partial charge in [0.2, 0.25) is 5.95 Å². The van der Waals surface area contributed by atoms with Gasteiger partial charge in [0.1, 0.15) is 0 Å². The molecule has 0 saturated carbocycles. The lowest BCUT2D eigenvalue weighted by atomic mass is 10.2. The summed E-state index contributed by atoms with van der Waals surface area (Å²) in [5.74, 6) is -0.755. The van der Waals surface area contributed by atoms with Gasteiger partial charge < -0.3 is 15.0 Å². The third-order valence-electron chi connectivity index (χ3n) is 4.12. The third-order valence-corrected chi connectivity index (χ3v) is 4.53. The molecule has 0 aliphatic heterocycles. The summed E-state index contributed by atoms with van der Waals surface area (Å²) in [6.07, 6.45) is 1.16. The van der Waals surface area contributed by atoms with E-state index in [4.69, 9.17) is 16.7 Å². The smallest absolute Gasteiger partial charge is 0.308 e. The number of carbonyl (C=O) groups is 1. The lowest BCUT2D eigenvalue weighted by Gasteiger charge is -2.17. The van der Waals surface area contributed by atoms with Crippen LogP contribution in [0.3, 0.4) is 0 Å². The van der Waals surface area contributed by atoms with E-state index in [9.17, 15) is 9.59 Å². The highest BCUT2D eigenvalue weighted by Crippen LogP contribution is 2.25. The molecule has 0 aliphatic rings. The Hall–Kier alpha value is -3.12. The van der Waals surface area contributed by atoms with Crippen LogP contribution >= 0.6 is 11.6 Å². The zero-order valence-electron chi connectivity index (χ0n) is 14.6.